The lowest BCUT2D eigenvalue weighted by atomic mass is 10.0. The van der Waals surface area contributed by atoms with E-state index >= 15 is 0 Å². The number of hydrogen-bond acceptors (Lipinski definition) is 7. The van der Waals surface area contributed by atoms with E-state index in [-0.39, 0.29) is 23.9 Å². The summed E-state index contributed by atoms with van der Waals surface area (Å²) in [5, 5.41) is 26.8. The fourth-order valence-corrected chi connectivity index (χ4v) is 2.32. The van der Waals surface area contributed by atoms with Crippen molar-refractivity contribution in [3.63, 3.8) is 0 Å². The van der Waals surface area contributed by atoms with E-state index in [0.29, 0.717) is 12.8 Å². The zero-order valence-electron chi connectivity index (χ0n) is 10.7. The average molecular weight is 267 g/mol. The van der Waals surface area contributed by atoms with Crippen LogP contribution < -0.4 is 10.6 Å². The van der Waals surface area contributed by atoms with Crippen molar-refractivity contribution in [1.29, 1.82) is 0 Å². The maximum atomic E-state index is 11.1. The molecule has 8 heteroatoms. The molecule has 2 rings (SSSR count). The maximum absolute atomic E-state index is 11.1. The maximum Gasteiger partial charge on any atom is 0.353 e. The first-order valence-corrected chi connectivity index (χ1v) is 6.19. The van der Waals surface area contributed by atoms with Crippen LogP contribution in [0.5, 0.6) is 0 Å². The molecule has 0 spiro atoms. The summed E-state index contributed by atoms with van der Waals surface area (Å²) in [6, 6.07) is 0. The topological polar surface area (TPSA) is 113 Å². The van der Waals surface area contributed by atoms with E-state index in [1.807, 2.05) is 0 Å². The molecule has 104 valence electrons. The second-order valence-corrected chi connectivity index (χ2v) is 4.71. The first-order chi connectivity index (χ1) is 9.06. The van der Waals surface area contributed by atoms with Gasteiger partial charge in [0, 0.05) is 13.6 Å². The van der Waals surface area contributed by atoms with Crippen LogP contribution >= 0.6 is 0 Å². The van der Waals surface area contributed by atoms with Crippen LogP contribution in [0, 0.1) is 10.1 Å². The fourth-order valence-electron chi connectivity index (χ4n) is 2.32. The summed E-state index contributed by atoms with van der Waals surface area (Å²) < 4.78 is 0. The third-order valence-corrected chi connectivity index (χ3v) is 3.36. The highest BCUT2D eigenvalue weighted by Gasteiger charge is 2.32. The Kier molecular flexibility index (Phi) is 3.79. The number of aromatic nitrogens is 2. The smallest absolute Gasteiger partial charge is 0.353 e. The number of nitrogens with one attached hydrogen (secondary N) is 2. The summed E-state index contributed by atoms with van der Waals surface area (Å²) in [7, 11) is 1.56. The van der Waals surface area contributed by atoms with Crippen molar-refractivity contribution in [2.75, 3.05) is 24.2 Å². The lowest BCUT2D eigenvalue weighted by Gasteiger charge is -2.22. The zero-order chi connectivity index (χ0) is 13.9. The molecule has 3 N–H and O–H groups in total. The SMILES string of the molecule is CNc1ncnc(NCC2(O)CCCC2)c1[N+](=O)[O-]. The highest BCUT2D eigenvalue weighted by atomic mass is 16.6. The summed E-state index contributed by atoms with van der Waals surface area (Å²) in [5.41, 5.74) is -0.995. The predicted octanol–water partition coefficient (Wildman–Crippen LogP) is 1.14. The quantitative estimate of drug-likeness (QED) is 0.541. The van der Waals surface area contributed by atoms with Crippen molar-refractivity contribution in [3.8, 4) is 0 Å². The Labute approximate surface area is 110 Å². The van der Waals surface area contributed by atoms with Gasteiger partial charge in [-0.15, -0.1) is 0 Å². The van der Waals surface area contributed by atoms with Crippen LogP contribution in [0.3, 0.4) is 0 Å². The minimum atomic E-state index is -0.793. The number of nitrogens with zero attached hydrogens (tertiary/aromatic N) is 3. The van der Waals surface area contributed by atoms with Crippen LogP contribution in [-0.2, 0) is 0 Å². The molecule has 0 radical (unpaired) electrons. The Morgan fingerprint density at radius 3 is 2.63 bits per heavy atom. The molecule has 1 aromatic heterocycles. The van der Waals surface area contributed by atoms with Gasteiger partial charge in [-0.05, 0) is 12.8 Å². The third kappa shape index (κ3) is 2.90. The molecule has 0 aromatic carbocycles. The lowest BCUT2D eigenvalue weighted by Crippen LogP contribution is -2.33. The van der Waals surface area contributed by atoms with E-state index in [0.717, 1.165) is 12.8 Å². The normalized spacial score (nSPS) is 17.2. The molecule has 1 aliphatic rings. The molecule has 0 atom stereocenters. The number of anilines is 2. The van der Waals surface area contributed by atoms with Gasteiger partial charge in [-0.25, -0.2) is 9.97 Å². The second-order valence-electron chi connectivity index (χ2n) is 4.71. The predicted molar refractivity (Wildman–Crippen MR) is 70.1 cm³/mol. The molecule has 1 saturated carbocycles. The summed E-state index contributed by atoms with van der Waals surface area (Å²) >= 11 is 0. The number of aliphatic hydroxyl groups is 1. The van der Waals surface area contributed by atoms with Crippen LogP contribution in [0.1, 0.15) is 25.7 Å². The van der Waals surface area contributed by atoms with E-state index in [2.05, 4.69) is 20.6 Å². The van der Waals surface area contributed by atoms with Crippen molar-refractivity contribution >= 4 is 17.3 Å². The van der Waals surface area contributed by atoms with Crippen molar-refractivity contribution in [3.05, 3.63) is 16.4 Å². The summed E-state index contributed by atoms with van der Waals surface area (Å²) in [6.07, 6.45) is 4.62. The van der Waals surface area contributed by atoms with Gasteiger partial charge in [-0.2, -0.15) is 0 Å². The second kappa shape index (κ2) is 5.35. The molecule has 1 heterocycles. The summed E-state index contributed by atoms with van der Waals surface area (Å²) in [4.78, 5) is 18.2. The lowest BCUT2D eigenvalue weighted by molar-refractivity contribution is -0.383. The summed E-state index contributed by atoms with van der Waals surface area (Å²) in [6.45, 7) is 0.258. The molecule has 0 bridgehead atoms. The summed E-state index contributed by atoms with van der Waals surface area (Å²) in [5.74, 6) is 0.283. The van der Waals surface area contributed by atoms with Gasteiger partial charge in [0.1, 0.15) is 6.33 Å². The standard InChI is InChI=1S/C11H17N5O3/c1-12-9-8(16(18)19)10(15-7-14-9)13-6-11(17)4-2-3-5-11/h7,17H,2-6H2,1H3,(H2,12,13,14,15). The van der Waals surface area contributed by atoms with Gasteiger partial charge in [-0.3, -0.25) is 10.1 Å². The van der Waals surface area contributed by atoms with Crippen molar-refractivity contribution in [2.45, 2.75) is 31.3 Å². The van der Waals surface area contributed by atoms with Gasteiger partial charge in [0.25, 0.3) is 0 Å². The van der Waals surface area contributed by atoms with Gasteiger partial charge in [-0.1, -0.05) is 12.8 Å². The molecule has 0 unspecified atom stereocenters. The Morgan fingerprint density at radius 1 is 1.42 bits per heavy atom. The van der Waals surface area contributed by atoms with E-state index < -0.39 is 10.5 Å². The minimum absolute atomic E-state index is 0.129. The van der Waals surface area contributed by atoms with Crippen LogP contribution in [0.4, 0.5) is 17.3 Å². The molecule has 0 saturated heterocycles. The van der Waals surface area contributed by atoms with E-state index in [9.17, 15) is 15.2 Å². The van der Waals surface area contributed by atoms with E-state index in [1.54, 1.807) is 7.05 Å². The van der Waals surface area contributed by atoms with Gasteiger partial charge in [0.05, 0.1) is 10.5 Å². The van der Waals surface area contributed by atoms with Gasteiger partial charge < -0.3 is 15.7 Å². The van der Waals surface area contributed by atoms with Crippen LogP contribution in [-0.4, -0.2) is 39.2 Å². The Balaban J connectivity index is 2.17. The van der Waals surface area contributed by atoms with Crippen LogP contribution in [0.25, 0.3) is 0 Å². The van der Waals surface area contributed by atoms with Crippen LogP contribution in [0.15, 0.2) is 6.33 Å². The Hall–Kier alpha value is -1.96. The average Bonchev–Trinajstić information content (AvgIpc) is 2.83. The number of hydrogen-bond donors (Lipinski definition) is 3. The van der Waals surface area contributed by atoms with Gasteiger partial charge >= 0.3 is 5.69 Å². The minimum Gasteiger partial charge on any atom is -0.388 e. The molecule has 1 aromatic rings. The van der Waals surface area contributed by atoms with E-state index in [1.165, 1.54) is 6.33 Å². The molecule has 0 aliphatic heterocycles. The largest absolute Gasteiger partial charge is 0.388 e. The molecule has 8 nitrogen and oxygen atoms in total. The zero-order valence-corrected chi connectivity index (χ0v) is 10.7. The van der Waals surface area contributed by atoms with Gasteiger partial charge in [0.2, 0.25) is 11.6 Å². The molecule has 0 amide bonds. The molecule has 1 aliphatic carbocycles. The Bertz CT molecular complexity index is 473. The molecular formula is C11H17N5O3. The van der Waals surface area contributed by atoms with Crippen molar-refractivity contribution < 1.29 is 10.0 Å². The molecule has 19 heavy (non-hydrogen) atoms. The highest BCUT2D eigenvalue weighted by Crippen LogP contribution is 2.32. The monoisotopic (exact) mass is 267 g/mol. The molecular weight excluding hydrogens is 250 g/mol. The first-order valence-electron chi connectivity index (χ1n) is 6.19. The van der Waals surface area contributed by atoms with Crippen molar-refractivity contribution in [2.24, 2.45) is 0 Å². The van der Waals surface area contributed by atoms with E-state index in [4.69, 9.17) is 0 Å². The van der Waals surface area contributed by atoms with Crippen molar-refractivity contribution in [1.82, 2.24) is 9.97 Å². The first kappa shape index (κ1) is 13.5. The highest BCUT2D eigenvalue weighted by molar-refractivity contribution is 5.69. The fraction of sp³-hybridized carbons (Fsp3) is 0.636. The van der Waals surface area contributed by atoms with Gasteiger partial charge in [0.15, 0.2) is 0 Å². The molecule has 1 fully saturated rings. The Morgan fingerprint density at radius 2 is 2.05 bits per heavy atom. The number of rotatable bonds is 5. The number of nitro groups is 1. The third-order valence-electron chi connectivity index (χ3n) is 3.36. The van der Waals surface area contributed by atoms with Crippen LogP contribution in [0.2, 0.25) is 0 Å².